The first kappa shape index (κ1) is 12.9. The molecule has 19 heavy (non-hydrogen) atoms. The monoisotopic (exact) mass is 279 g/mol. The maximum atomic E-state index is 5.40. The molecule has 2 aliphatic rings. The largest absolute Gasteiger partial charge is 0.360 e. The van der Waals surface area contributed by atoms with Gasteiger partial charge in [0.15, 0.2) is 10.9 Å². The summed E-state index contributed by atoms with van der Waals surface area (Å²) in [6, 6.07) is 0.533. The van der Waals surface area contributed by atoms with Gasteiger partial charge in [0.1, 0.15) is 0 Å². The van der Waals surface area contributed by atoms with E-state index in [1.807, 2.05) is 0 Å². The van der Waals surface area contributed by atoms with Gasteiger partial charge >= 0.3 is 0 Å². The van der Waals surface area contributed by atoms with E-state index in [9.17, 15) is 0 Å². The number of nitrogens with one attached hydrogen (secondary N) is 4. The van der Waals surface area contributed by atoms with Crippen LogP contribution in [0.4, 0.5) is 5.82 Å². The van der Waals surface area contributed by atoms with E-state index in [1.165, 1.54) is 43.4 Å². The summed E-state index contributed by atoms with van der Waals surface area (Å²) in [5.74, 6) is 0.893. The van der Waals surface area contributed by atoms with E-state index in [-0.39, 0.29) is 0 Å². The van der Waals surface area contributed by atoms with Crippen LogP contribution >= 0.6 is 12.2 Å². The summed E-state index contributed by atoms with van der Waals surface area (Å²) in [4.78, 5) is 0. The number of hydrogen-bond acceptors (Lipinski definition) is 3. The molecule has 1 aliphatic carbocycles. The zero-order valence-corrected chi connectivity index (χ0v) is 11.9. The molecule has 104 valence electrons. The second-order valence-corrected chi connectivity index (χ2v) is 5.80. The lowest BCUT2D eigenvalue weighted by Gasteiger charge is -2.24. The smallest absolute Gasteiger partial charge is 0.172 e. The topological polar surface area (TPSA) is 64.8 Å². The molecule has 1 aromatic heterocycles. The molecule has 1 saturated carbocycles. The van der Waals surface area contributed by atoms with Gasteiger partial charge < -0.3 is 16.0 Å². The van der Waals surface area contributed by atoms with Gasteiger partial charge in [0.2, 0.25) is 0 Å². The SMILES string of the molecule is S=C(Nc1n[nH]c2c1CCNC2)NC1CCCCC1. The lowest BCUT2D eigenvalue weighted by molar-refractivity contribution is 0.415. The summed E-state index contributed by atoms with van der Waals surface area (Å²) in [5.41, 5.74) is 2.45. The second-order valence-electron chi connectivity index (χ2n) is 5.39. The first-order chi connectivity index (χ1) is 9.33. The Kier molecular flexibility index (Phi) is 3.98. The minimum Gasteiger partial charge on any atom is -0.360 e. The summed E-state index contributed by atoms with van der Waals surface area (Å²) < 4.78 is 0. The maximum Gasteiger partial charge on any atom is 0.172 e. The van der Waals surface area contributed by atoms with Crippen LogP contribution in [-0.4, -0.2) is 27.9 Å². The van der Waals surface area contributed by atoms with Crippen molar-refractivity contribution in [1.29, 1.82) is 0 Å². The molecule has 6 heteroatoms. The maximum absolute atomic E-state index is 5.40. The average molecular weight is 279 g/mol. The van der Waals surface area contributed by atoms with Gasteiger partial charge in [-0.3, -0.25) is 5.10 Å². The Morgan fingerprint density at radius 1 is 1.26 bits per heavy atom. The van der Waals surface area contributed by atoms with Crippen LogP contribution in [0.15, 0.2) is 0 Å². The van der Waals surface area contributed by atoms with Crippen LogP contribution in [0.3, 0.4) is 0 Å². The van der Waals surface area contributed by atoms with E-state index in [2.05, 4.69) is 26.1 Å². The molecule has 5 nitrogen and oxygen atoms in total. The van der Waals surface area contributed by atoms with Crippen molar-refractivity contribution in [2.45, 2.75) is 51.1 Å². The Morgan fingerprint density at radius 3 is 2.95 bits per heavy atom. The van der Waals surface area contributed by atoms with Crippen LogP contribution in [0.1, 0.15) is 43.4 Å². The molecule has 0 amide bonds. The number of aromatic amines is 1. The molecule has 0 unspecified atom stereocenters. The third-order valence-corrected chi connectivity index (χ3v) is 4.20. The second kappa shape index (κ2) is 5.88. The van der Waals surface area contributed by atoms with Crippen molar-refractivity contribution in [3.8, 4) is 0 Å². The Hall–Kier alpha value is -1.14. The van der Waals surface area contributed by atoms with Gasteiger partial charge in [-0.2, -0.15) is 5.10 Å². The Morgan fingerprint density at radius 2 is 2.11 bits per heavy atom. The van der Waals surface area contributed by atoms with Gasteiger partial charge in [-0.15, -0.1) is 0 Å². The van der Waals surface area contributed by atoms with E-state index >= 15 is 0 Å². The van der Waals surface area contributed by atoms with Crippen molar-refractivity contribution in [1.82, 2.24) is 20.8 Å². The van der Waals surface area contributed by atoms with Crippen LogP contribution in [0.25, 0.3) is 0 Å². The molecule has 4 N–H and O–H groups in total. The van der Waals surface area contributed by atoms with E-state index in [0.717, 1.165) is 25.3 Å². The first-order valence-corrected chi connectivity index (χ1v) is 7.58. The Bertz CT molecular complexity index is 450. The lowest BCUT2D eigenvalue weighted by atomic mass is 9.96. The third-order valence-electron chi connectivity index (χ3n) is 3.98. The fourth-order valence-corrected chi connectivity index (χ4v) is 3.19. The fraction of sp³-hybridized carbons (Fsp3) is 0.692. The predicted octanol–water partition coefficient (Wildman–Crippen LogP) is 1.67. The molecule has 0 radical (unpaired) electrons. The molecule has 1 aromatic rings. The molecular weight excluding hydrogens is 258 g/mol. The molecule has 1 fully saturated rings. The fourth-order valence-electron chi connectivity index (χ4n) is 2.92. The van der Waals surface area contributed by atoms with Gasteiger partial charge in [-0.05, 0) is 38.0 Å². The number of rotatable bonds is 2. The third kappa shape index (κ3) is 3.06. The molecular formula is C13H21N5S. The number of hydrogen-bond donors (Lipinski definition) is 4. The highest BCUT2D eigenvalue weighted by Gasteiger charge is 2.18. The lowest BCUT2D eigenvalue weighted by Crippen LogP contribution is -2.39. The van der Waals surface area contributed by atoms with E-state index < -0.39 is 0 Å². The molecule has 0 saturated heterocycles. The molecule has 0 atom stereocenters. The summed E-state index contributed by atoms with van der Waals surface area (Å²) in [6.07, 6.45) is 7.43. The number of anilines is 1. The van der Waals surface area contributed by atoms with E-state index in [1.54, 1.807) is 0 Å². The van der Waals surface area contributed by atoms with Crippen molar-refractivity contribution in [3.63, 3.8) is 0 Å². The zero-order chi connectivity index (χ0) is 13.1. The van der Waals surface area contributed by atoms with Crippen LogP contribution in [0.5, 0.6) is 0 Å². The van der Waals surface area contributed by atoms with Gasteiger partial charge in [0.05, 0.1) is 5.69 Å². The molecule has 0 bridgehead atoms. The first-order valence-electron chi connectivity index (χ1n) is 7.17. The van der Waals surface area contributed by atoms with Gasteiger partial charge in [-0.25, -0.2) is 0 Å². The van der Waals surface area contributed by atoms with Gasteiger partial charge in [0, 0.05) is 18.2 Å². The normalized spacial score (nSPS) is 19.8. The molecule has 3 rings (SSSR count). The van der Waals surface area contributed by atoms with Crippen LogP contribution in [0, 0.1) is 0 Å². The van der Waals surface area contributed by atoms with Crippen LogP contribution < -0.4 is 16.0 Å². The van der Waals surface area contributed by atoms with E-state index in [4.69, 9.17) is 12.2 Å². The number of aromatic nitrogens is 2. The van der Waals surface area contributed by atoms with E-state index in [0.29, 0.717) is 11.2 Å². The summed E-state index contributed by atoms with van der Waals surface area (Å²) >= 11 is 5.40. The molecule has 0 spiro atoms. The Labute approximate surface area is 118 Å². The minimum atomic E-state index is 0.533. The van der Waals surface area contributed by atoms with Crippen molar-refractivity contribution in [2.24, 2.45) is 0 Å². The summed E-state index contributed by atoms with van der Waals surface area (Å²) in [7, 11) is 0. The van der Waals surface area contributed by atoms with Gasteiger partial charge in [-0.1, -0.05) is 19.3 Å². The number of H-pyrrole nitrogens is 1. The number of nitrogens with zero attached hydrogens (tertiary/aromatic N) is 1. The van der Waals surface area contributed by atoms with Crippen LogP contribution in [0.2, 0.25) is 0 Å². The van der Waals surface area contributed by atoms with Crippen molar-refractivity contribution in [3.05, 3.63) is 11.3 Å². The summed E-state index contributed by atoms with van der Waals surface area (Å²) in [5, 5.41) is 18.1. The number of thiocarbonyl (C=S) groups is 1. The van der Waals surface area contributed by atoms with Crippen molar-refractivity contribution >= 4 is 23.1 Å². The number of fused-ring (bicyclic) bond motifs is 1. The summed E-state index contributed by atoms with van der Waals surface area (Å²) in [6.45, 7) is 1.87. The minimum absolute atomic E-state index is 0.533. The van der Waals surface area contributed by atoms with Crippen LogP contribution in [-0.2, 0) is 13.0 Å². The van der Waals surface area contributed by atoms with Crippen molar-refractivity contribution in [2.75, 3.05) is 11.9 Å². The molecule has 2 heterocycles. The quantitative estimate of drug-likeness (QED) is 0.620. The van der Waals surface area contributed by atoms with Crippen molar-refractivity contribution < 1.29 is 0 Å². The average Bonchev–Trinajstić information content (AvgIpc) is 2.83. The Balaban J connectivity index is 1.58. The highest BCUT2D eigenvalue weighted by molar-refractivity contribution is 7.80. The molecule has 1 aliphatic heterocycles. The van der Waals surface area contributed by atoms with Gasteiger partial charge in [0.25, 0.3) is 0 Å². The predicted molar refractivity (Wildman–Crippen MR) is 80.2 cm³/mol. The standard InChI is InChI=1S/C13H21N5S/c19-13(15-9-4-2-1-3-5-9)16-12-10-6-7-14-8-11(10)17-18-12/h9,14H,1-8H2,(H3,15,16,17,18,19). The highest BCUT2D eigenvalue weighted by atomic mass is 32.1. The molecule has 0 aromatic carbocycles. The highest BCUT2D eigenvalue weighted by Crippen LogP contribution is 2.20. The zero-order valence-electron chi connectivity index (χ0n) is 11.1.